The summed E-state index contributed by atoms with van der Waals surface area (Å²) in [5, 5.41) is 39.8. The van der Waals surface area contributed by atoms with Crippen LogP contribution in [0.4, 0.5) is 0 Å². The number of nitriles is 3. The van der Waals surface area contributed by atoms with Crippen LogP contribution >= 0.6 is 11.3 Å². The lowest BCUT2D eigenvalue weighted by Gasteiger charge is -2.46. The number of nitrogens with zero attached hydrogens (tertiary/aromatic N) is 3. The van der Waals surface area contributed by atoms with E-state index in [-0.39, 0.29) is 17.5 Å². The summed E-state index contributed by atoms with van der Waals surface area (Å²) in [4.78, 5) is 0.965. The van der Waals surface area contributed by atoms with Crippen LogP contribution in [0.15, 0.2) is 29.2 Å². The number of allylic oxidation sites excluding steroid dienone is 2. The first-order chi connectivity index (χ1) is 11.6. The molecule has 0 aromatic carbocycles. The van der Waals surface area contributed by atoms with Crippen LogP contribution in [-0.2, 0) is 0 Å². The molecule has 0 saturated heterocycles. The normalized spacial score (nSPS) is 31.1. The summed E-state index contributed by atoms with van der Waals surface area (Å²) in [7, 11) is 0. The third kappa shape index (κ3) is 2.19. The topological polar surface area (TPSA) is 95.2 Å². The van der Waals surface area contributed by atoms with Crippen molar-refractivity contribution in [2.75, 3.05) is 0 Å². The number of hydrogen-bond acceptors (Lipinski definition) is 5. The fraction of sp³-hybridized carbons (Fsp3) is 0.474. The van der Waals surface area contributed by atoms with Gasteiger partial charge in [-0.2, -0.15) is 15.8 Å². The minimum atomic E-state index is -1.55. The van der Waals surface area contributed by atoms with Crippen molar-refractivity contribution in [3.05, 3.63) is 34.0 Å². The standard InChI is InChI=1S/C19H18N4S/c1-2-12-5-6-13-14(8-12)17(16-4-3-7-24-16)19(10-21,11-22)18(23)15(13)9-20/h3-4,6-7,12,14-15,17,23H,2,5,8H2,1H3/t12-,14+,15?,17-/m0/s1. The molecule has 1 N–H and O–H groups in total. The Morgan fingerprint density at radius 3 is 2.62 bits per heavy atom. The quantitative estimate of drug-likeness (QED) is 0.812. The van der Waals surface area contributed by atoms with Crippen molar-refractivity contribution in [1.29, 1.82) is 21.2 Å². The Balaban J connectivity index is 2.23. The van der Waals surface area contributed by atoms with E-state index in [1.807, 2.05) is 17.5 Å². The zero-order valence-corrected chi connectivity index (χ0v) is 14.3. The predicted molar refractivity (Wildman–Crippen MR) is 92.1 cm³/mol. The number of thiophene rings is 1. The summed E-state index contributed by atoms with van der Waals surface area (Å²) in [6.45, 7) is 2.15. The van der Waals surface area contributed by atoms with Crippen LogP contribution in [0.25, 0.3) is 0 Å². The molecule has 4 nitrogen and oxygen atoms in total. The third-order valence-corrected chi connectivity index (χ3v) is 6.48. The average molecular weight is 334 g/mol. The van der Waals surface area contributed by atoms with Gasteiger partial charge < -0.3 is 5.41 Å². The summed E-state index contributed by atoms with van der Waals surface area (Å²) < 4.78 is 0. The molecule has 3 rings (SSSR count). The van der Waals surface area contributed by atoms with Crippen molar-refractivity contribution in [3.63, 3.8) is 0 Å². The molecule has 5 heteroatoms. The minimum absolute atomic E-state index is 0.0135. The highest BCUT2D eigenvalue weighted by Crippen LogP contribution is 2.56. The highest BCUT2D eigenvalue weighted by molar-refractivity contribution is 7.10. The van der Waals surface area contributed by atoms with Crippen LogP contribution in [-0.4, -0.2) is 5.71 Å². The molecule has 4 atom stereocenters. The van der Waals surface area contributed by atoms with Crippen molar-refractivity contribution in [3.8, 4) is 18.2 Å². The first kappa shape index (κ1) is 16.4. The summed E-state index contributed by atoms with van der Waals surface area (Å²) >= 11 is 1.53. The van der Waals surface area contributed by atoms with Gasteiger partial charge in [-0.25, -0.2) is 0 Å². The lowest BCUT2D eigenvalue weighted by atomic mass is 9.53. The summed E-state index contributed by atoms with van der Waals surface area (Å²) in [5.41, 5.74) is -0.652. The molecular weight excluding hydrogens is 316 g/mol. The molecule has 1 unspecified atom stereocenters. The van der Waals surface area contributed by atoms with Crippen LogP contribution in [0.5, 0.6) is 0 Å². The minimum Gasteiger partial charge on any atom is -0.305 e. The average Bonchev–Trinajstić information content (AvgIpc) is 3.14. The second kappa shape index (κ2) is 6.23. The molecule has 0 aliphatic heterocycles. The van der Waals surface area contributed by atoms with Crippen LogP contribution in [0.3, 0.4) is 0 Å². The monoisotopic (exact) mass is 334 g/mol. The van der Waals surface area contributed by atoms with Gasteiger partial charge in [0.25, 0.3) is 0 Å². The van der Waals surface area contributed by atoms with E-state index in [0.717, 1.165) is 29.7 Å². The van der Waals surface area contributed by atoms with Gasteiger partial charge in [-0.05, 0) is 41.7 Å². The molecule has 2 aliphatic carbocycles. The lowest BCUT2D eigenvalue weighted by molar-refractivity contribution is 0.273. The SMILES string of the molecule is CC[C@H]1CC=C2C(C#N)C(=N)C(C#N)(C#N)[C@H](c3cccs3)[C@@H]2C1. The van der Waals surface area contributed by atoms with Crippen LogP contribution in [0, 0.1) is 62.6 Å². The van der Waals surface area contributed by atoms with Gasteiger partial charge in [-0.3, -0.25) is 0 Å². The summed E-state index contributed by atoms with van der Waals surface area (Å²) in [6, 6.07) is 10.3. The Kier molecular flexibility index (Phi) is 4.27. The van der Waals surface area contributed by atoms with Crippen molar-refractivity contribution in [2.24, 2.45) is 23.2 Å². The second-order valence-corrected chi connectivity index (χ2v) is 7.54. The number of rotatable bonds is 2. The highest BCUT2D eigenvalue weighted by Gasteiger charge is 2.57. The van der Waals surface area contributed by atoms with Gasteiger partial charge in [0.15, 0.2) is 5.41 Å². The van der Waals surface area contributed by atoms with E-state index in [0.29, 0.717) is 5.92 Å². The van der Waals surface area contributed by atoms with Crippen molar-refractivity contribution in [1.82, 2.24) is 0 Å². The smallest absolute Gasteiger partial charge is 0.190 e. The van der Waals surface area contributed by atoms with E-state index in [2.05, 4.69) is 31.2 Å². The molecule has 1 aromatic rings. The van der Waals surface area contributed by atoms with Crippen molar-refractivity contribution >= 4 is 17.0 Å². The Morgan fingerprint density at radius 2 is 2.08 bits per heavy atom. The molecule has 2 aliphatic rings. The van der Waals surface area contributed by atoms with E-state index >= 15 is 0 Å². The highest BCUT2D eigenvalue weighted by atomic mass is 32.1. The molecule has 0 amide bonds. The maximum atomic E-state index is 9.87. The Hall–Kier alpha value is -2.42. The molecule has 1 saturated carbocycles. The van der Waals surface area contributed by atoms with Crippen LogP contribution < -0.4 is 0 Å². The molecule has 1 fully saturated rings. The molecule has 0 radical (unpaired) electrons. The Morgan fingerprint density at radius 1 is 1.33 bits per heavy atom. The Bertz CT molecular complexity index is 786. The third-order valence-electron chi connectivity index (χ3n) is 5.53. The van der Waals surface area contributed by atoms with Crippen molar-refractivity contribution in [2.45, 2.75) is 32.1 Å². The largest absolute Gasteiger partial charge is 0.305 e. The van der Waals surface area contributed by atoms with E-state index in [1.54, 1.807) is 0 Å². The van der Waals surface area contributed by atoms with Crippen LogP contribution in [0.1, 0.15) is 37.0 Å². The van der Waals surface area contributed by atoms with Gasteiger partial charge in [0, 0.05) is 10.8 Å². The molecule has 0 spiro atoms. The predicted octanol–water partition coefficient (Wildman–Crippen LogP) is 4.40. The maximum Gasteiger partial charge on any atom is 0.190 e. The van der Waals surface area contributed by atoms with E-state index in [4.69, 9.17) is 5.41 Å². The van der Waals surface area contributed by atoms with Crippen LogP contribution in [0.2, 0.25) is 0 Å². The summed E-state index contributed by atoms with van der Waals surface area (Å²) in [5.74, 6) is -0.614. The lowest BCUT2D eigenvalue weighted by Crippen LogP contribution is -2.49. The fourth-order valence-corrected chi connectivity index (χ4v) is 5.17. The molecule has 1 heterocycles. The first-order valence-corrected chi connectivity index (χ1v) is 9.05. The van der Waals surface area contributed by atoms with Gasteiger partial charge in [-0.15, -0.1) is 11.3 Å². The number of fused-ring (bicyclic) bond motifs is 1. The maximum absolute atomic E-state index is 9.87. The molecule has 0 bridgehead atoms. The van der Waals surface area contributed by atoms with E-state index < -0.39 is 11.3 Å². The molecule has 120 valence electrons. The van der Waals surface area contributed by atoms with Gasteiger partial charge in [0.05, 0.1) is 23.9 Å². The fourth-order valence-electron chi connectivity index (χ4n) is 4.21. The molecule has 1 aromatic heterocycles. The van der Waals surface area contributed by atoms with Gasteiger partial charge >= 0.3 is 0 Å². The number of hydrogen-bond donors (Lipinski definition) is 1. The molecule has 24 heavy (non-hydrogen) atoms. The van der Waals surface area contributed by atoms with Gasteiger partial charge in [-0.1, -0.05) is 25.5 Å². The van der Waals surface area contributed by atoms with E-state index in [1.165, 1.54) is 11.3 Å². The van der Waals surface area contributed by atoms with Gasteiger partial charge in [0.1, 0.15) is 5.92 Å². The zero-order valence-electron chi connectivity index (χ0n) is 13.5. The number of nitrogens with one attached hydrogen (secondary N) is 1. The zero-order chi connectivity index (χ0) is 17.3. The first-order valence-electron chi connectivity index (χ1n) is 8.17. The van der Waals surface area contributed by atoms with Gasteiger partial charge in [0.2, 0.25) is 0 Å². The van der Waals surface area contributed by atoms with E-state index in [9.17, 15) is 15.8 Å². The Labute approximate surface area is 146 Å². The summed E-state index contributed by atoms with van der Waals surface area (Å²) in [6.07, 6.45) is 4.93. The second-order valence-electron chi connectivity index (χ2n) is 6.56. The van der Waals surface area contributed by atoms with Crippen molar-refractivity contribution < 1.29 is 0 Å². The molecular formula is C19H18N4S.